The molecule has 9 heteroatoms. The molecule has 1 N–H and O–H groups in total. The summed E-state index contributed by atoms with van der Waals surface area (Å²) in [7, 11) is 1.54. The normalized spacial score (nSPS) is 16.0. The summed E-state index contributed by atoms with van der Waals surface area (Å²) in [6.45, 7) is 2.43. The molecule has 0 radical (unpaired) electrons. The predicted octanol–water partition coefficient (Wildman–Crippen LogP) is 4.70. The summed E-state index contributed by atoms with van der Waals surface area (Å²) >= 11 is 0. The highest BCUT2D eigenvalue weighted by molar-refractivity contribution is 5.91. The van der Waals surface area contributed by atoms with E-state index in [2.05, 4.69) is 15.5 Å². The maximum Gasteiger partial charge on any atom is 0.322 e. The monoisotopic (exact) mass is 414 g/mol. The third-order valence-electron chi connectivity index (χ3n) is 5.01. The van der Waals surface area contributed by atoms with Crippen LogP contribution in [0.1, 0.15) is 30.3 Å². The number of nitrogens with zero attached hydrogens (tertiary/aromatic N) is 3. The number of nitrogens with one attached hydrogen (secondary N) is 1. The molecule has 1 atom stereocenters. The molecule has 1 aliphatic heterocycles. The number of aryl methyl sites for hydroxylation is 1. The van der Waals surface area contributed by atoms with Crippen molar-refractivity contribution < 1.29 is 22.8 Å². The number of anilines is 1. The van der Waals surface area contributed by atoms with Crippen LogP contribution in [0.5, 0.6) is 5.75 Å². The SMILES string of the molecule is COc1ccc(C)cc1NC(=O)N1CCC[C@H]1c1nc(-c2ccc(F)cc2F)no1. The highest BCUT2D eigenvalue weighted by Crippen LogP contribution is 2.34. The van der Waals surface area contributed by atoms with Gasteiger partial charge in [0.15, 0.2) is 0 Å². The zero-order valence-electron chi connectivity index (χ0n) is 16.5. The van der Waals surface area contributed by atoms with Crippen molar-refractivity contribution in [3.05, 3.63) is 59.5 Å². The van der Waals surface area contributed by atoms with E-state index < -0.39 is 17.7 Å². The first-order chi connectivity index (χ1) is 14.5. The van der Waals surface area contributed by atoms with Gasteiger partial charge in [-0.3, -0.25) is 0 Å². The average molecular weight is 414 g/mol. The molecular weight excluding hydrogens is 394 g/mol. The van der Waals surface area contributed by atoms with Gasteiger partial charge in [0.05, 0.1) is 18.4 Å². The first-order valence-electron chi connectivity index (χ1n) is 9.47. The Kier molecular flexibility index (Phi) is 5.35. The molecule has 1 fully saturated rings. The van der Waals surface area contributed by atoms with Crippen molar-refractivity contribution in [2.24, 2.45) is 0 Å². The van der Waals surface area contributed by atoms with Gasteiger partial charge in [-0.1, -0.05) is 11.2 Å². The van der Waals surface area contributed by atoms with Crippen LogP contribution in [0.4, 0.5) is 19.3 Å². The molecule has 0 saturated carbocycles. The first-order valence-corrected chi connectivity index (χ1v) is 9.47. The van der Waals surface area contributed by atoms with Crippen molar-refractivity contribution in [2.45, 2.75) is 25.8 Å². The molecule has 1 saturated heterocycles. The zero-order valence-corrected chi connectivity index (χ0v) is 16.5. The van der Waals surface area contributed by atoms with E-state index in [9.17, 15) is 13.6 Å². The van der Waals surface area contributed by atoms with Crippen molar-refractivity contribution in [1.82, 2.24) is 15.0 Å². The standard InChI is InChI=1S/C21H20F2N4O3/c1-12-5-8-18(29-2)16(10-12)24-21(28)27-9-3-4-17(27)20-25-19(26-30-20)14-7-6-13(22)11-15(14)23/h5-8,10-11,17H,3-4,9H2,1-2H3,(H,24,28)/t17-/m0/s1. The number of benzene rings is 2. The molecule has 156 valence electrons. The zero-order chi connectivity index (χ0) is 21.3. The van der Waals surface area contributed by atoms with E-state index in [0.717, 1.165) is 24.1 Å². The Morgan fingerprint density at radius 1 is 1.27 bits per heavy atom. The molecular formula is C21H20F2N4O3. The summed E-state index contributed by atoms with van der Waals surface area (Å²) in [5, 5.41) is 6.68. The average Bonchev–Trinajstić information content (AvgIpc) is 3.37. The first kappa shape index (κ1) is 19.8. The Bertz CT molecular complexity index is 1090. The Morgan fingerprint density at radius 3 is 2.87 bits per heavy atom. The van der Waals surface area contributed by atoms with E-state index in [0.29, 0.717) is 24.4 Å². The number of likely N-dealkylation sites (tertiary alicyclic amines) is 1. The Hall–Kier alpha value is -3.49. The van der Waals surface area contributed by atoms with Gasteiger partial charge in [0.1, 0.15) is 23.4 Å². The van der Waals surface area contributed by atoms with Gasteiger partial charge >= 0.3 is 6.03 Å². The Labute approximate surface area is 171 Å². The predicted molar refractivity (Wildman–Crippen MR) is 105 cm³/mol. The number of rotatable bonds is 4. The minimum atomic E-state index is -0.782. The molecule has 0 aliphatic carbocycles. The van der Waals surface area contributed by atoms with Crippen LogP contribution in [0, 0.1) is 18.6 Å². The quantitative estimate of drug-likeness (QED) is 0.669. The largest absolute Gasteiger partial charge is 0.495 e. The van der Waals surface area contributed by atoms with Crippen LogP contribution in [-0.4, -0.2) is 34.7 Å². The second kappa shape index (κ2) is 8.10. The van der Waals surface area contributed by atoms with Crippen LogP contribution in [-0.2, 0) is 0 Å². The summed E-state index contributed by atoms with van der Waals surface area (Å²) in [5.74, 6) is -0.704. The van der Waals surface area contributed by atoms with Crippen molar-refractivity contribution in [3.8, 4) is 17.1 Å². The second-order valence-corrected chi connectivity index (χ2v) is 7.07. The van der Waals surface area contributed by atoms with E-state index in [4.69, 9.17) is 9.26 Å². The number of methoxy groups -OCH3 is 1. The van der Waals surface area contributed by atoms with Crippen LogP contribution in [0.15, 0.2) is 40.9 Å². The van der Waals surface area contributed by atoms with Crippen molar-refractivity contribution in [2.75, 3.05) is 19.0 Å². The lowest BCUT2D eigenvalue weighted by atomic mass is 10.2. The lowest BCUT2D eigenvalue weighted by molar-refractivity contribution is 0.193. The lowest BCUT2D eigenvalue weighted by Crippen LogP contribution is -2.34. The third kappa shape index (κ3) is 3.83. The molecule has 30 heavy (non-hydrogen) atoms. The maximum atomic E-state index is 14.0. The molecule has 2 aromatic carbocycles. The van der Waals surface area contributed by atoms with Crippen LogP contribution < -0.4 is 10.1 Å². The highest BCUT2D eigenvalue weighted by Gasteiger charge is 2.34. The minimum absolute atomic E-state index is 0.00936. The smallest absolute Gasteiger partial charge is 0.322 e. The van der Waals surface area contributed by atoms with Crippen LogP contribution in [0.2, 0.25) is 0 Å². The van der Waals surface area contributed by atoms with Gasteiger partial charge in [-0.15, -0.1) is 0 Å². The van der Waals surface area contributed by atoms with Crippen LogP contribution >= 0.6 is 0 Å². The van der Waals surface area contributed by atoms with Gasteiger partial charge in [-0.2, -0.15) is 4.98 Å². The third-order valence-corrected chi connectivity index (χ3v) is 5.01. The number of urea groups is 1. The van der Waals surface area contributed by atoms with Gasteiger partial charge in [-0.05, 0) is 49.6 Å². The van der Waals surface area contributed by atoms with Crippen molar-refractivity contribution >= 4 is 11.7 Å². The molecule has 1 aromatic heterocycles. The summed E-state index contributed by atoms with van der Waals surface area (Å²) in [4.78, 5) is 18.8. The fraction of sp³-hybridized carbons (Fsp3) is 0.286. The molecule has 0 bridgehead atoms. The van der Waals surface area contributed by atoms with E-state index in [1.165, 1.54) is 13.2 Å². The van der Waals surface area contributed by atoms with Crippen LogP contribution in [0.3, 0.4) is 0 Å². The van der Waals surface area contributed by atoms with E-state index >= 15 is 0 Å². The van der Waals surface area contributed by atoms with Gasteiger partial charge in [0.25, 0.3) is 0 Å². The number of carbonyl (C=O) groups is 1. The molecule has 1 aliphatic rings. The minimum Gasteiger partial charge on any atom is -0.495 e. The molecule has 0 unspecified atom stereocenters. The number of halogens is 2. The number of hydrogen-bond acceptors (Lipinski definition) is 5. The Morgan fingerprint density at radius 2 is 2.10 bits per heavy atom. The molecule has 2 heterocycles. The molecule has 7 nitrogen and oxygen atoms in total. The molecule has 4 rings (SSSR count). The number of amides is 2. The Balaban J connectivity index is 1.55. The highest BCUT2D eigenvalue weighted by atomic mass is 19.1. The fourth-order valence-corrected chi connectivity index (χ4v) is 3.52. The number of aromatic nitrogens is 2. The summed E-state index contributed by atoms with van der Waals surface area (Å²) in [6, 6.07) is 7.87. The van der Waals surface area contributed by atoms with Crippen molar-refractivity contribution in [3.63, 3.8) is 0 Å². The van der Waals surface area contributed by atoms with Gasteiger partial charge in [0, 0.05) is 12.6 Å². The van der Waals surface area contributed by atoms with E-state index in [1.807, 2.05) is 19.1 Å². The number of ether oxygens (including phenoxy) is 1. The van der Waals surface area contributed by atoms with Crippen molar-refractivity contribution in [1.29, 1.82) is 0 Å². The van der Waals surface area contributed by atoms with E-state index in [-0.39, 0.29) is 23.3 Å². The summed E-state index contributed by atoms with van der Waals surface area (Å²) in [6.07, 6.45) is 1.39. The van der Waals surface area contributed by atoms with Gasteiger partial charge in [0.2, 0.25) is 11.7 Å². The second-order valence-electron chi connectivity index (χ2n) is 7.07. The van der Waals surface area contributed by atoms with Gasteiger partial charge < -0.3 is 19.5 Å². The summed E-state index contributed by atoms with van der Waals surface area (Å²) in [5.41, 5.74) is 1.57. The number of hydrogen-bond donors (Lipinski definition) is 1. The van der Waals surface area contributed by atoms with Crippen LogP contribution in [0.25, 0.3) is 11.4 Å². The molecule has 3 aromatic rings. The molecule has 2 amide bonds. The molecule has 0 spiro atoms. The number of carbonyl (C=O) groups excluding carboxylic acids is 1. The maximum absolute atomic E-state index is 14.0. The van der Waals surface area contributed by atoms with E-state index in [1.54, 1.807) is 11.0 Å². The summed E-state index contributed by atoms with van der Waals surface area (Å²) < 4.78 is 37.8. The topological polar surface area (TPSA) is 80.5 Å². The lowest BCUT2D eigenvalue weighted by Gasteiger charge is -2.23. The van der Waals surface area contributed by atoms with Gasteiger partial charge in [-0.25, -0.2) is 13.6 Å². The fourth-order valence-electron chi connectivity index (χ4n) is 3.52.